The molecule has 2 nitrogen and oxygen atoms in total. The predicted molar refractivity (Wildman–Crippen MR) is 280 cm³/mol. The normalized spacial score (nSPS) is 11.3. The lowest BCUT2D eigenvalue weighted by atomic mass is 9.87. The summed E-state index contributed by atoms with van der Waals surface area (Å²) in [6.45, 7) is 0. The van der Waals surface area contributed by atoms with Crippen LogP contribution in [0.4, 0.5) is 17.1 Å². The van der Waals surface area contributed by atoms with Crippen LogP contribution in [-0.2, 0) is 0 Å². The van der Waals surface area contributed by atoms with Crippen molar-refractivity contribution in [1.82, 2.24) is 4.57 Å². The van der Waals surface area contributed by atoms with Crippen molar-refractivity contribution in [3.63, 3.8) is 0 Å². The Kier molecular flexibility index (Phi) is 9.89. The highest BCUT2D eigenvalue weighted by atomic mass is 15.1. The van der Waals surface area contributed by atoms with Crippen LogP contribution < -0.4 is 4.90 Å². The first-order valence-corrected chi connectivity index (χ1v) is 22.7. The maximum absolute atomic E-state index is 2.47. The number of hydrogen-bond donors (Lipinski definition) is 0. The Balaban J connectivity index is 1.12. The Bertz CT molecular complexity index is 3680. The molecule has 12 aromatic rings. The van der Waals surface area contributed by atoms with E-state index < -0.39 is 0 Å². The molecule has 12 rings (SSSR count). The number of aromatic nitrogens is 1. The minimum Gasteiger partial charge on any atom is -0.310 e. The third kappa shape index (κ3) is 6.84. The lowest BCUT2D eigenvalue weighted by molar-refractivity contribution is 1.18. The molecule has 0 radical (unpaired) electrons. The van der Waals surface area contributed by atoms with Crippen molar-refractivity contribution in [3.05, 3.63) is 267 Å². The van der Waals surface area contributed by atoms with Crippen LogP contribution in [0.1, 0.15) is 0 Å². The minimum absolute atomic E-state index is 1.06. The molecule has 0 aliphatic carbocycles. The van der Waals surface area contributed by atoms with E-state index in [0.29, 0.717) is 0 Å². The van der Waals surface area contributed by atoms with Gasteiger partial charge in [0.1, 0.15) is 0 Å². The van der Waals surface area contributed by atoms with Crippen molar-refractivity contribution in [3.8, 4) is 61.3 Å². The van der Waals surface area contributed by atoms with Crippen LogP contribution in [0.15, 0.2) is 267 Å². The highest BCUT2D eigenvalue weighted by Crippen LogP contribution is 2.49. The number of rotatable bonds is 9. The zero-order chi connectivity index (χ0) is 43.8. The van der Waals surface area contributed by atoms with Gasteiger partial charge in [-0.2, -0.15) is 0 Å². The van der Waals surface area contributed by atoms with Gasteiger partial charge in [0.15, 0.2) is 0 Å². The predicted octanol–water partition coefficient (Wildman–Crippen LogP) is 17.7. The lowest BCUT2D eigenvalue weighted by Gasteiger charge is -2.30. The van der Waals surface area contributed by atoms with Crippen LogP contribution >= 0.6 is 0 Å². The Hall–Kier alpha value is -8.72. The van der Waals surface area contributed by atoms with E-state index in [0.717, 1.165) is 39.4 Å². The van der Waals surface area contributed by atoms with Gasteiger partial charge in [-0.05, 0) is 104 Å². The van der Waals surface area contributed by atoms with Crippen LogP contribution in [0.2, 0.25) is 0 Å². The molecular formula is C64H44N2. The first kappa shape index (κ1) is 38.9. The monoisotopic (exact) mass is 840 g/mol. The second-order valence-electron chi connectivity index (χ2n) is 16.8. The van der Waals surface area contributed by atoms with Crippen molar-refractivity contribution < 1.29 is 0 Å². The Morgan fingerprint density at radius 3 is 1.59 bits per heavy atom. The Labute approximate surface area is 385 Å². The molecule has 0 saturated heterocycles. The molecule has 2 heteroatoms. The van der Waals surface area contributed by atoms with Gasteiger partial charge in [0, 0.05) is 39.0 Å². The van der Waals surface area contributed by atoms with Crippen LogP contribution in [0.5, 0.6) is 0 Å². The smallest absolute Gasteiger partial charge is 0.0619 e. The van der Waals surface area contributed by atoms with Crippen LogP contribution in [0, 0.1) is 0 Å². The third-order valence-corrected chi connectivity index (χ3v) is 13.0. The Morgan fingerprint density at radius 2 is 0.803 bits per heavy atom. The second kappa shape index (κ2) is 16.8. The fourth-order valence-electron chi connectivity index (χ4n) is 10.0. The van der Waals surface area contributed by atoms with Crippen molar-refractivity contribution in [2.75, 3.05) is 4.90 Å². The van der Waals surface area contributed by atoms with Gasteiger partial charge in [-0.1, -0.05) is 218 Å². The molecule has 0 N–H and O–H groups in total. The lowest BCUT2D eigenvalue weighted by Crippen LogP contribution is -2.12. The number of nitrogens with zero attached hydrogens (tertiary/aromatic N) is 2. The van der Waals surface area contributed by atoms with Gasteiger partial charge < -0.3 is 9.47 Å². The number of para-hydroxylation sites is 3. The molecule has 0 bridgehead atoms. The molecule has 1 heterocycles. The molecule has 0 atom stereocenters. The zero-order valence-electron chi connectivity index (χ0n) is 36.3. The first-order chi connectivity index (χ1) is 32.8. The highest BCUT2D eigenvalue weighted by molar-refractivity contribution is 6.14. The summed E-state index contributed by atoms with van der Waals surface area (Å²) in [4.78, 5) is 2.47. The van der Waals surface area contributed by atoms with Gasteiger partial charge in [0.25, 0.3) is 0 Å². The van der Waals surface area contributed by atoms with E-state index in [1.807, 2.05) is 0 Å². The SMILES string of the molecule is c1ccc(-c2ccccc2-c2c(-c3ccccc3)cccc2N(c2ccc(-c3cccc4ccccc34)cc2)c2cccc(-c3cccc4c5ccccc5n(-c5ccccc5)c34)c2)cc1. The average molecular weight is 841 g/mol. The summed E-state index contributed by atoms with van der Waals surface area (Å²) in [6.07, 6.45) is 0. The van der Waals surface area contributed by atoms with Crippen molar-refractivity contribution in [2.24, 2.45) is 0 Å². The maximum atomic E-state index is 2.47. The number of benzene rings is 11. The van der Waals surface area contributed by atoms with Crippen LogP contribution in [0.3, 0.4) is 0 Å². The fourth-order valence-corrected chi connectivity index (χ4v) is 10.0. The quantitative estimate of drug-likeness (QED) is 0.141. The van der Waals surface area contributed by atoms with E-state index in [4.69, 9.17) is 0 Å². The van der Waals surface area contributed by atoms with E-state index in [1.165, 1.54) is 71.5 Å². The molecule has 0 spiro atoms. The summed E-state index contributed by atoms with van der Waals surface area (Å²) in [5.41, 5.74) is 18.5. The standard InChI is InChI=1S/C64H44N2/c1-4-20-45(21-5-1)55-31-12-13-33-59(55)63-56(47-22-6-2-7-23-47)35-19-39-62(63)65(51-42-40-48(41-43-51)54-34-17-25-46-24-10-11-30-53(46)54)52-29-16-26-49(44-52)57-36-18-37-60-58-32-14-15-38-61(58)66(64(57)60)50-27-8-3-9-28-50/h1-44H. The third-order valence-electron chi connectivity index (χ3n) is 13.0. The van der Waals surface area contributed by atoms with Crippen LogP contribution in [0.25, 0.3) is 93.9 Å². The largest absolute Gasteiger partial charge is 0.310 e. The molecule has 0 aliphatic heterocycles. The zero-order valence-corrected chi connectivity index (χ0v) is 36.3. The molecule has 0 saturated carbocycles. The van der Waals surface area contributed by atoms with E-state index in [9.17, 15) is 0 Å². The van der Waals surface area contributed by atoms with Gasteiger partial charge in [-0.25, -0.2) is 0 Å². The first-order valence-electron chi connectivity index (χ1n) is 22.7. The summed E-state index contributed by atoms with van der Waals surface area (Å²) >= 11 is 0. The van der Waals surface area contributed by atoms with E-state index in [-0.39, 0.29) is 0 Å². The van der Waals surface area contributed by atoms with E-state index in [2.05, 4.69) is 276 Å². The fraction of sp³-hybridized carbons (Fsp3) is 0. The molecule has 0 aliphatic rings. The van der Waals surface area contributed by atoms with Crippen molar-refractivity contribution >= 4 is 49.6 Å². The molecule has 66 heavy (non-hydrogen) atoms. The van der Waals surface area contributed by atoms with E-state index >= 15 is 0 Å². The minimum atomic E-state index is 1.06. The van der Waals surface area contributed by atoms with Crippen molar-refractivity contribution in [1.29, 1.82) is 0 Å². The number of fused-ring (bicyclic) bond motifs is 4. The molecule has 0 amide bonds. The molecule has 0 fully saturated rings. The van der Waals surface area contributed by atoms with Crippen LogP contribution in [-0.4, -0.2) is 4.57 Å². The molecule has 11 aromatic carbocycles. The highest BCUT2D eigenvalue weighted by Gasteiger charge is 2.24. The van der Waals surface area contributed by atoms with Crippen molar-refractivity contribution in [2.45, 2.75) is 0 Å². The number of hydrogen-bond acceptors (Lipinski definition) is 1. The van der Waals surface area contributed by atoms with E-state index in [1.54, 1.807) is 0 Å². The molecular weight excluding hydrogens is 797 g/mol. The molecule has 0 unspecified atom stereocenters. The summed E-state index contributed by atoms with van der Waals surface area (Å²) < 4.78 is 2.43. The van der Waals surface area contributed by atoms with Gasteiger partial charge in [-0.15, -0.1) is 0 Å². The van der Waals surface area contributed by atoms with Gasteiger partial charge in [0.05, 0.1) is 16.7 Å². The Morgan fingerprint density at radius 1 is 0.288 bits per heavy atom. The molecule has 310 valence electrons. The summed E-state index contributed by atoms with van der Waals surface area (Å²) in [5, 5.41) is 4.95. The maximum Gasteiger partial charge on any atom is 0.0619 e. The van der Waals surface area contributed by atoms with Gasteiger partial charge in [0.2, 0.25) is 0 Å². The van der Waals surface area contributed by atoms with Gasteiger partial charge >= 0.3 is 0 Å². The summed E-state index contributed by atoms with van der Waals surface area (Å²) in [6, 6.07) is 97.0. The molecule has 1 aromatic heterocycles. The summed E-state index contributed by atoms with van der Waals surface area (Å²) in [5.74, 6) is 0. The number of anilines is 3. The topological polar surface area (TPSA) is 8.17 Å². The average Bonchev–Trinajstić information content (AvgIpc) is 3.74. The van der Waals surface area contributed by atoms with Gasteiger partial charge in [-0.3, -0.25) is 0 Å². The summed E-state index contributed by atoms with van der Waals surface area (Å²) in [7, 11) is 0. The second-order valence-corrected chi connectivity index (χ2v) is 16.8.